The van der Waals surface area contributed by atoms with E-state index in [1.54, 1.807) is 0 Å². The highest BCUT2D eigenvalue weighted by Gasteiger charge is 2.28. The summed E-state index contributed by atoms with van der Waals surface area (Å²) in [6.45, 7) is 0. The third kappa shape index (κ3) is 4.26. The number of hydrogen-bond donors (Lipinski definition) is 1. The maximum atomic E-state index is 13.2. The summed E-state index contributed by atoms with van der Waals surface area (Å²) in [5, 5.41) is 7.34. The van der Waals surface area contributed by atoms with Gasteiger partial charge in [0.15, 0.2) is 0 Å². The highest BCUT2D eigenvalue weighted by Crippen LogP contribution is 2.35. The minimum atomic E-state index is -0.405. The average molecular weight is 391 g/mol. The van der Waals surface area contributed by atoms with Gasteiger partial charge in [-0.2, -0.15) is 9.78 Å². The lowest BCUT2D eigenvalue weighted by atomic mass is 9.91. The molecule has 148 valence electrons. The Balaban J connectivity index is 1.62. The predicted octanol–water partition coefficient (Wildman–Crippen LogP) is 4.03. The number of halogens is 1. The van der Waals surface area contributed by atoms with E-state index in [1.165, 1.54) is 36.4 Å². The van der Waals surface area contributed by atoms with Crippen molar-refractivity contribution in [2.45, 2.75) is 31.7 Å². The van der Waals surface area contributed by atoms with Crippen molar-refractivity contribution >= 4 is 5.91 Å². The molecule has 1 fully saturated rings. The van der Waals surface area contributed by atoms with E-state index in [-0.39, 0.29) is 23.2 Å². The fourth-order valence-corrected chi connectivity index (χ4v) is 3.94. The monoisotopic (exact) mass is 391 g/mol. The summed E-state index contributed by atoms with van der Waals surface area (Å²) in [6.07, 6.45) is 4.47. The average Bonchev–Trinajstić information content (AvgIpc) is 3.28. The van der Waals surface area contributed by atoms with Gasteiger partial charge in [0, 0.05) is 6.07 Å². The van der Waals surface area contributed by atoms with Gasteiger partial charge in [-0.1, -0.05) is 43.2 Å². The van der Waals surface area contributed by atoms with E-state index >= 15 is 0 Å². The molecular weight excluding hydrogens is 369 g/mol. The lowest BCUT2D eigenvalue weighted by Gasteiger charge is -2.25. The molecule has 0 aliphatic heterocycles. The molecule has 1 saturated carbocycles. The van der Waals surface area contributed by atoms with E-state index in [2.05, 4.69) is 10.4 Å². The van der Waals surface area contributed by atoms with Crippen molar-refractivity contribution in [2.24, 2.45) is 5.92 Å². The number of carbonyl (C=O) groups is 1. The Morgan fingerprint density at radius 1 is 1.00 bits per heavy atom. The van der Waals surface area contributed by atoms with E-state index in [4.69, 9.17) is 0 Å². The molecule has 1 unspecified atom stereocenters. The summed E-state index contributed by atoms with van der Waals surface area (Å²) in [6, 6.07) is 18.0. The third-order valence-corrected chi connectivity index (χ3v) is 5.42. The molecule has 5 nitrogen and oxygen atoms in total. The molecule has 1 heterocycles. The highest BCUT2D eigenvalue weighted by molar-refractivity contribution is 5.92. The summed E-state index contributed by atoms with van der Waals surface area (Å²) < 4.78 is 14.3. The minimum Gasteiger partial charge on any atom is -0.344 e. The topological polar surface area (TPSA) is 64.0 Å². The normalized spacial score (nSPS) is 15.2. The molecule has 1 aliphatic rings. The van der Waals surface area contributed by atoms with Crippen molar-refractivity contribution in [1.82, 2.24) is 15.1 Å². The number of nitrogens with zero attached hydrogens (tertiary/aromatic N) is 2. The van der Waals surface area contributed by atoms with Crippen LogP contribution in [0.4, 0.5) is 4.39 Å². The zero-order chi connectivity index (χ0) is 20.2. The van der Waals surface area contributed by atoms with Gasteiger partial charge >= 0.3 is 0 Å². The lowest BCUT2D eigenvalue weighted by Crippen LogP contribution is -2.34. The van der Waals surface area contributed by atoms with E-state index in [1.807, 2.05) is 30.3 Å². The molecular formula is C23H22FN3O2. The molecule has 4 rings (SSSR count). The van der Waals surface area contributed by atoms with E-state index < -0.39 is 5.82 Å². The maximum Gasteiger partial charge on any atom is 0.272 e. The van der Waals surface area contributed by atoms with Crippen LogP contribution in [0.15, 0.2) is 71.5 Å². The van der Waals surface area contributed by atoms with Gasteiger partial charge in [0.25, 0.3) is 11.5 Å². The molecule has 1 aromatic heterocycles. The fourth-order valence-electron chi connectivity index (χ4n) is 3.94. The van der Waals surface area contributed by atoms with Crippen molar-refractivity contribution < 1.29 is 9.18 Å². The molecule has 0 bridgehead atoms. The van der Waals surface area contributed by atoms with Gasteiger partial charge in [0.2, 0.25) is 0 Å². The summed E-state index contributed by atoms with van der Waals surface area (Å²) in [5.74, 6) is -0.357. The first-order valence-electron chi connectivity index (χ1n) is 9.84. The van der Waals surface area contributed by atoms with Crippen LogP contribution < -0.4 is 10.9 Å². The van der Waals surface area contributed by atoms with Gasteiger partial charge < -0.3 is 5.32 Å². The molecule has 3 aromatic rings. The Bertz CT molecular complexity index is 1040. The predicted molar refractivity (Wildman–Crippen MR) is 108 cm³/mol. The van der Waals surface area contributed by atoms with Gasteiger partial charge in [-0.15, -0.1) is 0 Å². The van der Waals surface area contributed by atoms with Gasteiger partial charge in [-0.3, -0.25) is 9.59 Å². The van der Waals surface area contributed by atoms with Gasteiger partial charge in [0.05, 0.1) is 11.7 Å². The molecule has 1 amide bonds. The van der Waals surface area contributed by atoms with Crippen molar-refractivity contribution in [3.8, 4) is 5.69 Å². The second-order valence-electron chi connectivity index (χ2n) is 7.35. The number of carbonyl (C=O) groups excluding carboxylic acids is 1. The van der Waals surface area contributed by atoms with E-state index in [9.17, 15) is 14.0 Å². The van der Waals surface area contributed by atoms with Crippen LogP contribution in [-0.4, -0.2) is 15.7 Å². The Labute approximate surface area is 168 Å². The minimum absolute atomic E-state index is 0.0980. The molecule has 29 heavy (non-hydrogen) atoms. The fraction of sp³-hybridized carbons (Fsp3) is 0.261. The number of hydrogen-bond acceptors (Lipinski definition) is 3. The Hall–Kier alpha value is -3.28. The van der Waals surface area contributed by atoms with Crippen molar-refractivity contribution in [2.75, 3.05) is 0 Å². The summed E-state index contributed by atoms with van der Waals surface area (Å²) >= 11 is 0. The van der Waals surface area contributed by atoms with Crippen LogP contribution in [0.1, 0.15) is 47.8 Å². The van der Waals surface area contributed by atoms with Crippen molar-refractivity contribution in [1.29, 1.82) is 0 Å². The van der Waals surface area contributed by atoms with Crippen LogP contribution in [0.2, 0.25) is 0 Å². The summed E-state index contributed by atoms with van der Waals surface area (Å²) in [5.41, 5.74) is 1.23. The number of nitrogens with one attached hydrogen (secondary N) is 1. The van der Waals surface area contributed by atoms with Crippen LogP contribution in [0.3, 0.4) is 0 Å². The first-order valence-corrected chi connectivity index (χ1v) is 9.84. The number of aromatic nitrogens is 2. The lowest BCUT2D eigenvalue weighted by molar-refractivity contribution is 0.0915. The van der Waals surface area contributed by atoms with Crippen molar-refractivity contribution in [3.05, 3.63) is 94.2 Å². The van der Waals surface area contributed by atoms with Crippen LogP contribution in [0.5, 0.6) is 0 Å². The second kappa shape index (κ2) is 8.39. The van der Waals surface area contributed by atoms with E-state index in [0.717, 1.165) is 35.9 Å². The second-order valence-corrected chi connectivity index (χ2v) is 7.35. The number of rotatable bonds is 5. The summed E-state index contributed by atoms with van der Waals surface area (Å²) in [4.78, 5) is 25.2. The van der Waals surface area contributed by atoms with Gasteiger partial charge in [0.1, 0.15) is 11.5 Å². The first kappa shape index (κ1) is 19.1. The maximum absolute atomic E-state index is 13.2. The third-order valence-electron chi connectivity index (χ3n) is 5.42. The smallest absolute Gasteiger partial charge is 0.272 e. The van der Waals surface area contributed by atoms with Crippen molar-refractivity contribution in [3.63, 3.8) is 0 Å². The zero-order valence-electron chi connectivity index (χ0n) is 15.9. The Morgan fingerprint density at radius 2 is 1.69 bits per heavy atom. The van der Waals surface area contributed by atoms with Crippen LogP contribution in [-0.2, 0) is 0 Å². The van der Waals surface area contributed by atoms with Gasteiger partial charge in [-0.05, 0) is 54.7 Å². The van der Waals surface area contributed by atoms with Gasteiger partial charge in [-0.25, -0.2) is 4.39 Å². The molecule has 0 radical (unpaired) electrons. The zero-order valence-corrected chi connectivity index (χ0v) is 15.9. The molecule has 2 aromatic carbocycles. The highest BCUT2D eigenvalue weighted by atomic mass is 19.1. The largest absolute Gasteiger partial charge is 0.344 e. The SMILES string of the molecule is O=C(NC(c1ccccc1)C1CCCC1)c1ccc(=O)n(-c2ccc(F)cc2)n1. The van der Waals surface area contributed by atoms with E-state index in [0.29, 0.717) is 11.6 Å². The Kier molecular flexibility index (Phi) is 5.51. The Morgan fingerprint density at radius 3 is 2.38 bits per heavy atom. The molecule has 1 atom stereocenters. The molecule has 1 aliphatic carbocycles. The quantitative estimate of drug-likeness (QED) is 0.714. The molecule has 0 spiro atoms. The standard InChI is InChI=1S/C23H22FN3O2/c24-18-10-12-19(13-11-18)27-21(28)15-14-20(26-27)23(29)25-22(17-8-4-5-9-17)16-6-2-1-3-7-16/h1-3,6-7,10-15,17,22H,4-5,8-9H2,(H,25,29). The van der Waals surface area contributed by atoms with Crippen LogP contribution >= 0.6 is 0 Å². The van der Waals surface area contributed by atoms with Crippen LogP contribution in [0.25, 0.3) is 5.69 Å². The first-order chi connectivity index (χ1) is 14.1. The number of amides is 1. The summed E-state index contributed by atoms with van der Waals surface area (Å²) in [7, 11) is 0. The van der Waals surface area contributed by atoms with Crippen LogP contribution in [0, 0.1) is 11.7 Å². The number of benzene rings is 2. The molecule has 1 N–H and O–H groups in total. The molecule has 6 heteroatoms. The molecule has 0 saturated heterocycles.